The van der Waals surface area contributed by atoms with Crippen LogP contribution in [0.5, 0.6) is 0 Å². The van der Waals surface area contributed by atoms with E-state index in [1.54, 1.807) is 22.0 Å². The first kappa shape index (κ1) is 12.1. The summed E-state index contributed by atoms with van der Waals surface area (Å²) in [6.45, 7) is 1.90. The van der Waals surface area contributed by atoms with Crippen LogP contribution in [0.1, 0.15) is 23.3 Å². The number of nitrogens with zero attached hydrogens (tertiary/aromatic N) is 3. The normalized spacial score (nSPS) is 19.9. The standard InChI is InChI=1S/C11H18N4O2/c12-3-5-14-6-10(13-8-14)11(17)15-4-1-2-9(15)7-16/h6,8-9,16H,1-5,7,12H2. The summed E-state index contributed by atoms with van der Waals surface area (Å²) in [7, 11) is 0. The monoisotopic (exact) mass is 238 g/mol. The predicted octanol–water partition coefficient (Wildman–Crippen LogP) is -0.561. The second-order valence-corrected chi connectivity index (χ2v) is 4.26. The molecule has 1 aliphatic heterocycles. The number of aliphatic hydroxyl groups is 1. The van der Waals surface area contributed by atoms with Crippen molar-refractivity contribution in [1.82, 2.24) is 14.5 Å². The summed E-state index contributed by atoms with van der Waals surface area (Å²) in [5.74, 6) is -0.0997. The van der Waals surface area contributed by atoms with E-state index in [2.05, 4.69) is 4.98 Å². The number of hydrogen-bond donors (Lipinski definition) is 2. The Labute approximate surface area is 100 Å². The zero-order valence-corrected chi connectivity index (χ0v) is 9.75. The van der Waals surface area contributed by atoms with Crippen molar-refractivity contribution in [3.05, 3.63) is 18.2 Å². The lowest BCUT2D eigenvalue weighted by Gasteiger charge is -2.21. The molecule has 0 radical (unpaired) electrons. The third-order valence-corrected chi connectivity index (χ3v) is 3.09. The van der Waals surface area contributed by atoms with Gasteiger partial charge in [0.1, 0.15) is 5.69 Å². The van der Waals surface area contributed by atoms with Gasteiger partial charge in [-0.15, -0.1) is 0 Å². The Balaban J connectivity index is 2.07. The van der Waals surface area contributed by atoms with E-state index in [9.17, 15) is 9.90 Å². The van der Waals surface area contributed by atoms with Gasteiger partial charge in [-0.05, 0) is 12.8 Å². The highest BCUT2D eigenvalue weighted by Crippen LogP contribution is 2.18. The quantitative estimate of drug-likeness (QED) is 0.736. The molecule has 6 nitrogen and oxygen atoms in total. The largest absolute Gasteiger partial charge is 0.394 e. The van der Waals surface area contributed by atoms with Crippen molar-refractivity contribution >= 4 is 5.91 Å². The van der Waals surface area contributed by atoms with Crippen molar-refractivity contribution in [3.8, 4) is 0 Å². The molecule has 0 aromatic carbocycles. The average Bonchev–Trinajstić information content (AvgIpc) is 2.96. The van der Waals surface area contributed by atoms with Gasteiger partial charge in [0.05, 0.1) is 19.0 Å². The number of amides is 1. The molecule has 1 aromatic rings. The number of carbonyl (C=O) groups excluding carboxylic acids is 1. The van der Waals surface area contributed by atoms with Crippen LogP contribution in [0.4, 0.5) is 0 Å². The van der Waals surface area contributed by atoms with Crippen molar-refractivity contribution in [3.63, 3.8) is 0 Å². The first-order valence-electron chi connectivity index (χ1n) is 5.90. The van der Waals surface area contributed by atoms with Crippen LogP contribution in [0.3, 0.4) is 0 Å². The number of nitrogens with two attached hydrogens (primary N) is 1. The molecule has 17 heavy (non-hydrogen) atoms. The van der Waals surface area contributed by atoms with Gasteiger partial charge in [0, 0.05) is 25.8 Å². The number of aromatic nitrogens is 2. The van der Waals surface area contributed by atoms with Gasteiger partial charge in [-0.2, -0.15) is 0 Å². The topological polar surface area (TPSA) is 84.4 Å². The highest BCUT2D eigenvalue weighted by atomic mass is 16.3. The first-order valence-corrected chi connectivity index (χ1v) is 5.90. The fourth-order valence-electron chi connectivity index (χ4n) is 2.18. The van der Waals surface area contributed by atoms with Crippen LogP contribution in [-0.2, 0) is 6.54 Å². The number of carbonyl (C=O) groups is 1. The maximum atomic E-state index is 12.1. The number of aliphatic hydroxyl groups excluding tert-OH is 1. The zero-order valence-electron chi connectivity index (χ0n) is 9.75. The SMILES string of the molecule is NCCn1cnc(C(=O)N2CCCC2CO)c1. The van der Waals surface area contributed by atoms with Crippen molar-refractivity contribution in [2.45, 2.75) is 25.4 Å². The summed E-state index contributed by atoms with van der Waals surface area (Å²) < 4.78 is 1.80. The van der Waals surface area contributed by atoms with E-state index in [4.69, 9.17) is 5.73 Å². The number of imidazole rings is 1. The molecule has 1 aromatic heterocycles. The molecule has 2 rings (SSSR count). The lowest BCUT2D eigenvalue weighted by molar-refractivity contribution is 0.0672. The van der Waals surface area contributed by atoms with Crippen molar-refractivity contribution in [1.29, 1.82) is 0 Å². The van der Waals surface area contributed by atoms with Crippen LogP contribution in [-0.4, -0.2) is 51.2 Å². The van der Waals surface area contributed by atoms with E-state index in [0.717, 1.165) is 12.8 Å². The van der Waals surface area contributed by atoms with Crippen LogP contribution in [0.2, 0.25) is 0 Å². The predicted molar refractivity (Wildman–Crippen MR) is 62.4 cm³/mol. The molecule has 1 amide bonds. The van der Waals surface area contributed by atoms with E-state index >= 15 is 0 Å². The fourth-order valence-corrected chi connectivity index (χ4v) is 2.18. The molecule has 1 fully saturated rings. The van der Waals surface area contributed by atoms with Gasteiger partial charge in [-0.25, -0.2) is 4.98 Å². The molecule has 3 N–H and O–H groups in total. The summed E-state index contributed by atoms with van der Waals surface area (Å²) >= 11 is 0. The average molecular weight is 238 g/mol. The Morgan fingerprint density at radius 3 is 3.18 bits per heavy atom. The summed E-state index contributed by atoms with van der Waals surface area (Å²) in [5, 5.41) is 9.19. The third kappa shape index (κ3) is 2.48. The summed E-state index contributed by atoms with van der Waals surface area (Å²) in [4.78, 5) is 17.9. The van der Waals surface area contributed by atoms with Crippen LogP contribution in [0.15, 0.2) is 12.5 Å². The van der Waals surface area contributed by atoms with Gasteiger partial charge in [0.15, 0.2) is 0 Å². The maximum Gasteiger partial charge on any atom is 0.274 e. The Morgan fingerprint density at radius 2 is 2.47 bits per heavy atom. The second-order valence-electron chi connectivity index (χ2n) is 4.26. The minimum Gasteiger partial charge on any atom is -0.394 e. The Kier molecular flexibility index (Phi) is 3.75. The van der Waals surface area contributed by atoms with Gasteiger partial charge in [-0.1, -0.05) is 0 Å². The molecule has 0 aliphatic carbocycles. The summed E-state index contributed by atoms with van der Waals surface area (Å²) in [5.41, 5.74) is 5.86. The summed E-state index contributed by atoms with van der Waals surface area (Å²) in [6, 6.07) is -0.0536. The van der Waals surface area contributed by atoms with Crippen LogP contribution >= 0.6 is 0 Å². The zero-order chi connectivity index (χ0) is 12.3. The number of hydrogen-bond acceptors (Lipinski definition) is 4. The molecular formula is C11H18N4O2. The highest BCUT2D eigenvalue weighted by Gasteiger charge is 2.29. The van der Waals surface area contributed by atoms with Crippen LogP contribution in [0, 0.1) is 0 Å². The van der Waals surface area contributed by atoms with E-state index in [-0.39, 0.29) is 18.6 Å². The lowest BCUT2D eigenvalue weighted by atomic mass is 10.2. The molecule has 94 valence electrons. The van der Waals surface area contributed by atoms with E-state index in [1.807, 2.05) is 0 Å². The van der Waals surface area contributed by atoms with Gasteiger partial charge < -0.3 is 20.3 Å². The van der Waals surface area contributed by atoms with Gasteiger partial charge in [-0.3, -0.25) is 4.79 Å². The number of likely N-dealkylation sites (tertiary alicyclic amines) is 1. The third-order valence-electron chi connectivity index (χ3n) is 3.09. The van der Waals surface area contributed by atoms with Crippen LogP contribution in [0.25, 0.3) is 0 Å². The van der Waals surface area contributed by atoms with Gasteiger partial charge in [0.25, 0.3) is 5.91 Å². The van der Waals surface area contributed by atoms with E-state index < -0.39 is 0 Å². The molecular weight excluding hydrogens is 220 g/mol. The molecule has 1 unspecified atom stereocenters. The molecule has 0 saturated carbocycles. The van der Waals surface area contributed by atoms with Crippen LogP contribution < -0.4 is 5.73 Å². The summed E-state index contributed by atoms with van der Waals surface area (Å²) in [6.07, 6.45) is 5.14. The van der Waals surface area contributed by atoms with Crippen molar-refractivity contribution in [2.75, 3.05) is 19.7 Å². The lowest BCUT2D eigenvalue weighted by Crippen LogP contribution is -2.37. The molecule has 0 spiro atoms. The molecule has 0 bridgehead atoms. The second kappa shape index (κ2) is 5.29. The molecule has 1 saturated heterocycles. The smallest absolute Gasteiger partial charge is 0.274 e. The molecule has 1 atom stereocenters. The van der Waals surface area contributed by atoms with Gasteiger partial charge in [0.2, 0.25) is 0 Å². The van der Waals surface area contributed by atoms with E-state index in [1.165, 1.54) is 0 Å². The highest BCUT2D eigenvalue weighted by molar-refractivity contribution is 5.92. The first-order chi connectivity index (χ1) is 8.26. The van der Waals surface area contributed by atoms with Crippen molar-refractivity contribution < 1.29 is 9.90 Å². The fraction of sp³-hybridized carbons (Fsp3) is 0.636. The minimum absolute atomic E-state index is 0.0231. The Hall–Kier alpha value is -1.40. The molecule has 6 heteroatoms. The Bertz CT molecular complexity index is 391. The van der Waals surface area contributed by atoms with Gasteiger partial charge >= 0.3 is 0 Å². The van der Waals surface area contributed by atoms with Crippen molar-refractivity contribution in [2.24, 2.45) is 5.73 Å². The Morgan fingerprint density at radius 1 is 1.65 bits per heavy atom. The minimum atomic E-state index is -0.0997. The number of rotatable bonds is 4. The van der Waals surface area contributed by atoms with E-state index in [0.29, 0.717) is 25.3 Å². The maximum absolute atomic E-state index is 12.1. The molecule has 1 aliphatic rings. The molecule has 2 heterocycles.